The monoisotopic (exact) mass is 335 g/mol. The quantitative estimate of drug-likeness (QED) is 0.661. The molecule has 1 fully saturated rings. The second kappa shape index (κ2) is 8.73. The Kier molecular flexibility index (Phi) is 6.66. The van der Waals surface area contributed by atoms with E-state index in [1.165, 1.54) is 12.5 Å². The summed E-state index contributed by atoms with van der Waals surface area (Å²) in [5.41, 5.74) is 0.728. The summed E-state index contributed by atoms with van der Waals surface area (Å²) in [5, 5.41) is 3.50. The molecule has 1 amide bonds. The zero-order valence-corrected chi connectivity index (χ0v) is 14.0. The molecule has 1 aromatic rings. The van der Waals surface area contributed by atoms with Gasteiger partial charge in [-0.1, -0.05) is 49.6 Å². The van der Waals surface area contributed by atoms with E-state index >= 15 is 0 Å². The van der Waals surface area contributed by atoms with E-state index in [9.17, 15) is 9.59 Å². The highest BCUT2D eigenvalue weighted by molar-refractivity contribution is 6.32. The lowest BCUT2D eigenvalue weighted by molar-refractivity contribution is -0.144. The standard InChI is InChI=1S/C18H22ClNO3/c1-13-6-2-5-9-16(13)20-17(21)12-23-18(22)11-10-14-7-3-4-8-15(14)19/h3-4,7-8,10-11,13,16H,2,5-6,9,12H2,1H3,(H,20,21). The molecule has 0 saturated heterocycles. The Morgan fingerprint density at radius 1 is 1.30 bits per heavy atom. The predicted molar refractivity (Wildman–Crippen MR) is 91.0 cm³/mol. The molecule has 4 nitrogen and oxygen atoms in total. The fourth-order valence-electron chi connectivity index (χ4n) is 2.73. The van der Waals surface area contributed by atoms with Gasteiger partial charge in [-0.25, -0.2) is 4.79 Å². The Labute approximate surface area is 141 Å². The Hall–Kier alpha value is -1.81. The molecule has 0 spiro atoms. The van der Waals surface area contributed by atoms with Gasteiger partial charge in [0.2, 0.25) is 0 Å². The molecule has 1 aliphatic carbocycles. The molecule has 2 unspecified atom stereocenters. The lowest BCUT2D eigenvalue weighted by Gasteiger charge is -2.29. The van der Waals surface area contributed by atoms with Crippen LogP contribution in [0.25, 0.3) is 6.08 Å². The van der Waals surface area contributed by atoms with E-state index < -0.39 is 5.97 Å². The molecule has 124 valence electrons. The molecule has 1 aromatic carbocycles. The summed E-state index contributed by atoms with van der Waals surface area (Å²) in [5.74, 6) is -0.330. The molecule has 0 bridgehead atoms. The van der Waals surface area contributed by atoms with Crippen LogP contribution in [-0.4, -0.2) is 24.5 Å². The van der Waals surface area contributed by atoms with Gasteiger partial charge in [0.15, 0.2) is 6.61 Å². The molecule has 0 radical (unpaired) electrons. The van der Waals surface area contributed by atoms with Crippen LogP contribution in [0.5, 0.6) is 0 Å². The zero-order chi connectivity index (χ0) is 16.7. The molecule has 0 aromatic heterocycles. The van der Waals surface area contributed by atoms with Crippen LogP contribution in [0.15, 0.2) is 30.3 Å². The maximum atomic E-state index is 11.9. The molecule has 2 rings (SSSR count). The number of benzene rings is 1. The number of amides is 1. The van der Waals surface area contributed by atoms with Gasteiger partial charge in [-0.05, 0) is 36.5 Å². The Morgan fingerprint density at radius 3 is 2.78 bits per heavy atom. The first-order valence-electron chi connectivity index (χ1n) is 7.95. The van der Waals surface area contributed by atoms with Gasteiger partial charge in [0.25, 0.3) is 5.91 Å². The van der Waals surface area contributed by atoms with E-state index in [0.717, 1.165) is 24.8 Å². The number of carbonyl (C=O) groups excluding carboxylic acids is 2. The van der Waals surface area contributed by atoms with Gasteiger partial charge in [0, 0.05) is 17.1 Å². The van der Waals surface area contributed by atoms with Gasteiger partial charge in [-0.2, -0.15) is 0 Å². The largest absolute Gasteiger partial charge is 0.452 e. The van der Waals surface area contributed by atoms with Crippen LogP contribution < -0.4 is 5.32 Å². The van der Waals surface area contributed by atoms with Gasteiger partial charge in [0.1, 0.15) is 0 Å². The topological polar surface area (TPSA) is 55.4 Å². The number of esters is 1. The Morgan fingerprint density at radius 2 is 2.04 bits per heavy atom. The third-order valence-electron chi connectivity index (χ3n) is 4.11. The number of rotatable bonds is 5. The Bertz CT molecular complexity index is 585. The highest BCUT2D eigenvalue weighted by Crippen LogP contribution is 2.23. The van der Waals surface area contributed by atoms with Gasteiger partial charge in [-0.15, -0.1) is 0 Å². The van der Waals surface area contributed by atoms with Crippen molar-refractivity contribution in [3.05, 3.63) is 40.9 Å². The SMILES string of the molecule is CC1CCCCC1NC(=O)COC(=O)C=Cc1ccccc1Cl. The third kappa shape index (κ3) is 5.71. The van der Waals surface area contributed by atoms with Crippen LogP contribution in [0, 0.1) is 5.92 Å². The number of nitrogens with one attached hydrogen (secondary N) is 1. The summed E-state index contributed by atoms with van der Waals surface area (Å²) >= 11 is 5.99. The number of hydrogen-bond acceptors (Lipinski definition) is 3. The second-order valence-electron chi connectivity index (χ2n) is 5.90. The summed E-state index contributed by atoms with van der Waals surface area (Å²) in [6.07, 6.45) is 7.33. The minimum atomic E-state index is -0.559. The van der Waals surface area contributed by atoms with E-state index in [1.54, 1.807) is 18.2 Å². The highest BCUT2D eigenvalue weighted by atomic mass is 35.5. The summed E-state index contributed by atoms with van der Waals surface area (Å²) < 4.78 is 4.96. The maximum Gasteiger partial charge on any atom is 0.331 e. The average molecular weight is 336 g/mol. The summed E-state index contributed by atoms with van der Waals surface area (Å²) in [4.78, 5) is 23.5. The number of hydrogen-bond donors (Lipinski definition) is 1. The minimum absolute atomic E-state index is 0.189. The first-order chi connectivity index (χ1) is 11.1. The van der Waals surface area contributed by atoms with Gasteiger partial charge in [-0.3, -0.25) is 4.79 Å². The summed E-state index contributed by atoms with van der Waals surface area (Å²) in [7, 11) is 0. The second-order valence-corrected chi connectivity index (χ2v) is 6.31. The number of ether oxygens (including phenoxy) is 1. The first-order valence-corrected chi connectivity index (χ1v) is 8.33. The normalized spacial score (nSPS) is 21.1. The predicted octanol–water partition coefficient (Wildman–Crippen LogP) is 3.59. The maximum absolute atomic E-state index is 11.9. The first kappa shape index (κ1) is 17.5. The van der Waals surface area contributed by atoms with Crippen molar-refractivity contribution in [1.82, 2.24) is 5.32 Å². The molecule has 2 atom stereocenters. The zero-order valence-electron chi connectivity index (χ0n) is 13.3. The number of carbonyl (C=O) groups is 2. The van der Waals surface area contributed by atoms with Crippen molar-refractivity contribution < 1.29 is 14.3 Å². The van der Waals surface area contributed by atoms with Crippen molar-refractivity contribution in [3.8, 4) is 0 Å². The van der Waals surface area contributed by atoms with Gasteiger partial charge >= 0.3 is 5.97 Å². The molecule has 0 heterocycles. The lowest BCUT2D eigenvalue weighted by Crippen LogP contribution is -2.42. The Balaban J connectivity index is 1.75. The van der Waals surface area contributed by atoms with Crippen LogP contribution in [0.4, 0.5) is 0 Å². The van der Waals surface area contributed by atoms with E-state index in [-0.39, 0.29) is 18.6 Å². The molecule has 1 N–H and O–H groups in total. The fraction of sp³-hybridized carbons (Fsp3) is 0.444. The van der Waals surface area contributed by atoms with Crippen molar-refractivity contribution in [2.45, 2.75) is 38.6 Å². The van der Waals surface area contributed by atoms with E-state index in [1.807, 2.05) is 12.1 Å². The van der Waals surface area contributed by atoms with Crippen LogP contribution in [-0.2, 0) is 14.3 Å². The van der Waals surface area contributed by atoms with Crippen LogP contribution in [0.3, 0.4) is 0 Å². The third-order valence-corrected chi connectivity index (χ3v) is 4.45. The summed E-state index contributed by atoms with van der Waals surface area (Å²) in [6.45, 7) is 1.89. The summed E-state index contributed by atoms with van der Waals surface area (Å²) in [6, 6.07) is 7.37. The molecule has 0 aliphatic heterocycles. The average Bonchev–Trinajstić information content (AvgIpc) is 2.54. The van der Waals surface area contributed by atoms with Crippen molar-refractivity contribution >= 4 is 29.6 Å². The molecule has 5 heteroatoms. The van der Waals surface area contributed by atoms with Crippen molar-refractivity contribution in [1.29, 1.82) is 0 Å². The molecule has 1 saturated carbocycles. The van der Waals surface area contributed by atoms with Gasteiger partial charge in [0.05, 0.1) is 0 Å². The van der Waals surface area contributed by atoms with E-state index in [2.05, 4.69) is 12.2 Å². The highest BCUT2D eigenvalue weighted by Gasteiger charge is 2.22. The molecular weight excluding hydrogens is 314 g/mol. The minimum Gasteiger partial charge on any atom is -0.452 e. The molecular formula is C18H22ClNO3. The fourth-order valence-corrected chi connectivity index (χ4v) is 2.93. The lowest BCUT2D eigenvalue weighted by atomic mass is 9.86. The van der Waals surface area contributed by atoms with Gasteiger partial charge < -0.3 is 10.1 Å². The van der Waals surface area contributed by atoms with Crippen LogP contribution in [0.1, 0.15) is 38.2 Å². The van der Waals surface area contributed by atoms with Crippen LogP contribution in [0.2, 0.25) is 5.02 Å². The van der Waals surface area contributed by atoms with Crippen molar-refractivity contribution in [3.63, 3.8) is 0 Å². The van der Waals surface area contributed by atoms with Crippen molar-refractivity contribution in [2.75, 3.05) is 6.61 Å². The van der Waals surface area contributed by atoms with E-state index in [4.69, 9.17) is 16.3 Å². The smallest absolute Gasteiger partial charge is 0.331 e. The van der Waals surface area contributed by atoms with Crippen molar-refractivity contribution in [2.24, 2.45) is 5.92 Å². The molecule has 1 aliphatic rings. The van der Waals surface area contributed by atoms with Crippen LogP contribution >= 0.6 is 11.6 Å². The van der Waals surface area contributed by atoms with E-state index in [0.29, 0.717) is 10.9 Å². The number of halogens is 1. The molecule has 23 heavy (non-hydrogen) atoms.